The zero-order valence-corrected chi connectivity index (χ0v) is 10.3. The molecule has 1 saturated carbocycles. The van der Waals surface area contributed by atoms with Gasteiger partial charge in [0.1, 0.15) is 0 Å². The van der Waals surface area contributed by atoms with Gasteiger partial charge in [-0.3, -0.25) is 0 Å². The number of aliphatic hydroxyl groups is 1. The molecular formula is C13H19NO3. The van der Waals surface area contributed by atoms with Gasteiger partial charge in [0, 0.05) is 18.3 Å². The van der Waals surface area contributed by atoms with Crippen LogP contribution in [-0.2, 0) is 0 Å². The number of benzene rings is 1. The van der Waals surface area contributed by atoms with E-state index >= 15 is 0 Å². The second kappa shape index (κ2) is 4.84. The highest BCUT2D eigenvalue weighted by atomic mass is 16.5. The fraction of sp³-hybridized carbons (Fsp3) is 0.538. The lowest BCUT2D eigenvalue weighted by Gasteiger charge is -2.36. The Bertz CT molecular complexity index is 388. The molecule has 0 radical (unpaired) electrons. The maximum Gasteiger partial charge on any atom is 0.162 e. The van der Waals surface area contributed by atoms with Gasteiger partial charge in [0.15, 0.2) is 11.5 Å². The zero-order chi connectivity index (χ0) is 12.3. The Balaban J connectivity index is 2.01. The van der Waals surface area contributed by atoms with E-state index < -0.39 is 5.60 Å². The Morgan fingerprint density at radius 2 is 1.94 bits per heavy atom. The van der Waals surface area contributed by atoms with Gasteiger partial charge in [-0.1, -0.05) is 0 Å². The highest BCUT2D eigenvalue weighted by molar-refractivity contribution is 5.54. The summed E-state index contributed by atoms with van der Waals surface area (Å²) in [5.74, 6) is 1.40. The normalized spacial score (nSPS) is 17.1. The van der Waals surface area contributed by atoms with E-state index in [1.54, 1.807) is 14.2 Å². The van der Waals surface area contributed by atoms with Crippen LogP contribution in [0.4, 0.5) is 5.69 Å². The molecule has 0 spiro atoms. The molecule has 0 amide bonds. The lowest BCUT2D eigenvalue weighted by molar-refractivity contribution is -0.0202. The lowest BCUT2D eigenvalue weighted by atomic mass is 9.80. The van der Waals surface area contributed by atoms with Crippen LogP contribution in [0.1, 0.15) is 19.3 Å². The highest BCUT2D eigenvalue weighted by Crippen LogP contribution is 2.33. The minimum atomic E-state index is -0.521. The van der Waals surface area contributed by atoms with Crippen LogP contribution in [0.15, 0.2) is 18.2 Å². The van der Waals surface area contributed by atoms with Crippen molar-refractivity contribution in [2.24, 2.45) is 0 Å². The Kier molecular flexibility index (Phi) is 3.43. The van der Waals surface area contributed by atoms with Crippen molar-refractivity contribution >= 4 is 5.69 Å². The summed E-state index contributed by atoms with van der Waals surface area (Å²) < 4.78 is 10.4. The van der Waals surface area contributed by atoms with E-state index in [4.69, 9.17) is 9.47 Å². The summed E-state index contributed by atoms with van der Waals surface area (Å²) in [5.41, 5.74) is 0.413. The van der Waals surface area contributed by atoms with Gasteiger partial charge in [-0.2, -0.15) is 0 Å². The van der Waals surface area contributed by atoms with E-state index in [1.807, 2.05) is 18.2 Å². The van der Waals surface area contributed by atoms with Crippen LogP contribution < -0.4 is 14.8 Å². The molecule has 0 unspecified atom stereocenters. The maximum atomic E-state index is 9.98. The van der Waals surface area contributed by atoms with Gasteiger partial charge in [0.25, 0.3) is 0 Å². The first-order valence-corrected chi connectivity index (χ1v) is 5.85. The van der Waals surface area contributed by atoms with Crippen LogP contribution in [0.25, 0.3) is 0 Å². The van der Waals surface area contributed by atoms with Crippen LogP contribution in [0.5, 0.6) is 11.5 Å². The molecule has 0 aliphatic heterocycles. The minimum Gasteiger partial charge on any atom is -0.493 e. The predicted octanol–water partition coefficient (Wildman–Crippen LogP) is 2.03. The van der Waals surface area contributed by atoms with E-state index in [-0.39, 0.29) is 0 Å². The standard InChI is InChI=1S/C13H19NO3/c1-16-11-5-4-10(8-12(11)17-2)14-9-13(15)6-3-7-13/h4-5,8,14-15H,3,6-7,9H2,1-2H3. The minimum absolute atomic E-state index is 0.521. The Morgan fingerprint density at radius 1 is 1.24 bits per heavy atom. The average Bonchev–Trinajstić information content (AvgIpc) is 2.33. The largest absolute Gasteiger partial charge is 0.493 e. The molecular weight excluding hydrogens is 218 g/mol. The van der Waals surface area contributed by atoms with Gasteiger partial charge in [-0.25, -0.2) is 0 Å². The molecule has 1 fully saturated rings. The molecule has 4 heteroatoms. The second-order valence-corrected chi connectivity index (χ2v) is 4.50. The molecule has 1 aromatic rings. The van der Waals surface area contributed by atoms with E-state index in [0.717, 1.165) is 24.9 Å². The average molecular weight is 237 g/mol. The molecule has 0 heterocycles. The molecule has 94 valence electrons. The fourth-order valence-corrected chi connectivity index (χ4v) is 1.97. The van der Waals surface area contributed by atoms with Crippen molar-refractivity contribution in [3.05, 3.63) is 18.2 Å². The van der Waals surface area contributed by atoms with Crippen molar-refractivity contribution in [1.29, 1.82) is 0 Å². The summed E-state index contributed by atoms with van der Waals surface area (Å²) >= 11 is 0. The zero-order valence-electron chi connectivity index (χ0n) is 10.3. The number of hydrogen-bond acceptors (Lipinski definition) is 4. The second-order valence-electron chi connectivity index (χ2n) is 4.50. The molecule has 0 atom stereocenters. The first-order valence-electron chi connectivity index (χ1n) is 5.85. The van der Waals surface area contributed by atoms with Crippen LogP contribution in [0.3, 0.4) is 0 Å². The number of anilines is 1. The molecule has 0 aromatic heterocycles. The van der Waals surface area contributed by atoms with E-state index in [2.05, 4.69) is 5.32 Å². The van der Waals surface area contributed by atoms with Crippen molar-refractivity contribution in [2.45, 2.75) is 24.9 Å². The molecule has 0 bridgehead atoms. The molecule has 1 aliphatic carbocycles. The van der Waals surface area contributed by atoms with Crippen LogP contribution in [-0.4, -0.2) is 31.5 Å². The van der Waals surface area contributed by atoms with E-state index in [1.165, 1.54) is 0 Å². The van der Waals surface area contributed by atoms with Gasteiger partial charge < -0.3 is 19.9 Å². The third-order valence-corrected chi connectivity index (χ3v) is 3.29. The summed E-state index contributed by atoms with van der Waals surface area (Å²) in [5, 5.41) is 13.2. The summed E-state index contributed by atoms with van der Waals surface area (Å²) in [6.07, 6.45) is 2.88. The topological polar surface area (TPSA) is 50.7 Å². The van der Waals surface area contributed by atoms with Crippen LogP contribution in [0.2, 0.25) is 0 Å². The van der Waals surface area contributed by atoms with Crippen LogP contribution >= 0.6 is 0 Å². The van der Waals surface area contributed by atoms with Crippen molar-refractivity contribution in [3.8, 4) is 11.5 Å². The monoisotopic (exact) mass is 237 g/mol. The third kappa shape index (κ3) is 2.64. The summed E-state index contributed by atoms with van der Waals surface area (Å²) in [7, 11) is 3.23. The summed E-state index contributed by atoms with van der Waals surface area (Å²) in [6, 6.07) is 5.65. The van der Waals surface area contributed by atoms with Gasteiger partial charge in [-0.15, -0.1) is 0 Å². The van der Waals surface area contributed by atoms with Crippen molar-refractivity contribution in [1.82, 2.24) is 0 Å². The SMILES string of the molecule is COc1ccc(NCC2(O)CCC2)cc1OC. The van der Waals surface area contributed by atoms with Crippen LogP contribution in [0, 0.1) is 0 Å². The first-order chi connectivity index (χ1) is 8.17. The van der Waals surface area contributed by atoms with E-state index in [0.29, 0.717) is 18.0 Å². The number of hydrogen-bond donors (Lipinski definition) is 2. The quantitative estimate of drug-likeness (QED) is 0.822. The molecule has 0 saturated heterocycles. The smallest absolute Gasteiger partial charge is 0.162 e. The van der Waals surface area contributed by atoms with Crippen molar-refractivity contribution < 1.29 is 14.6 Å². The fourth-order valence-electron chi connectivity index (χ4n) is 1.97. The predicted molar refractivity (Wildman–Crippen MR) is 66.8 cm³/mol. The highest BCUT2D eigenvalue weighted by Gasteiger charge is 2.33. The lowest BCUT2D eigenvalue weighted by Crippen LogP contribution is -2.43. The molecule has 4 nitrogen and oxygen atoms in total. The Labute approximate surface area is 102 Å². The number of ether oxygens (including phenoxy) is 2. The third-order valence-electron chi connectivity index (χ3n) is 3.29. The van der Waals surface area contributed by atoms with Crippen molar-refractivity contribution in [2.75, 3.05) is 26.1 Å². The molecule has 17 heavy (non-hydrogen) atoms. The van der Waals surface area contributed by atoms with Gasteiger partial charge in [0.05, 0.1) is 19.8 Å². The van der Waals surface area contributed by atoms with Gasteiger partial charge in [-0.05, 0) is 31.4 Å². The van der Waals surface area contributed by atoms with E-state index in [9.17, 15) is 5.11 Å². The van der Waals surface area contributed by atoms with Gasteiger partial charge >= 0.3 is 0 Å². The Hall–Kier alpha value is -1.42. The first kappa shape index (κ1) is 12.0. The Morgan fingerprint density at radius 3 is 2.47 bits per heavy atom. The van der Waals surface area contributed by atoms with Gasteiger partial charge in [0.2, 0.25) is 0 Å². The molecule has 2 rings (SSSR count). The molecule has 1 aromatic carbocycles. The molecule has 2 N–H and O–H groups in total. The number of methoxy groups -OCH3 is 2. The maximum absolute atomic E-state index is 9.98. The molecule has 1 aliphatic rings. The number of nitrogens with one attached hydrogen (secondary N) is 1. The number of rotatable bonds is 5. The van der Waals surface area contributed by atoms with Crippen molar-refractivity contribution in [3.63, 3.8) is 0 Å². The summed E-state index contributed by atoms with van der Waals surface area (Å²) in [4.78, 5) is 0. The summed E-state index contributed by atoms with van der Waals surface area (Å²) in [6.45, 7) is 0.586.